The fourth-order valence-electron chi connectivity index (χ4n) is 1.61. The van der Waals surface area contributed by atoms with E-state index in [2.05, 4.69) is 20.7 Å². The first kappa shape index (κ1) is 16.4. The van der Waals surface area contributed by atoms with Gasteiger partial charge in [-0.3, -0.25) is 0 Å². The number of methoxy groups -OCH3 is 1. The smallest absolute Gasteiger partial charge is 0.240 e. The zero-order chi connectivity index (χ0) is 14.5. The molecule has 0 aliphatic carbocycles. The predicted molar refractivity (Wildman–Crippen MR) is 79.6 cm³/mol. The van der Waals surface area contributed by atoms with Crippen LogP contribution in [-0.4, -0.2) is 28.7 Å². The van der Waals surface area contributed by atoms with E-state index in [4.69, 9.17) is 10.5 Å². The van der Waals surface area contributed by atoms with Crippen molar-refractivity contribution < 1.29 is 13.2 Å². The van der Waals surface area contributed by atoms with Crippen molar-refractivity contribution in [1.29, 1.82) is 0 Å². The van der Waals surface area contributed by atoms with Crippen LogP contribution in [0.4, 0.5) is 5.69 Å². The number of unbranched alkanes of at least 4 members (excludes halogenated alkanes) is 1. The van der Waals surface area contributed by atoms with E-state index in [1.165, 1.54) is 6.07 Å². The summed E-state index contributed by atoms with van der Waals surface area (Å²) in [5, 5.41) is 0. The Balaban J connectivity index is 2.75. The van der Waals surface area contributed by atoms with Crippen LogP contribution in [0.3, 0.4) is 0 Å². The fraction of sp³-hybridized carbons (Fsp3) is 0.500. The van der Waals surface area contributed by atoms with Crippen molar-refractivity contribution in [3.63, 3.8) is 0 Å². The molecule has 0 unspecified atom stereocenters. The van der Waals surface area contributed by atoms with E-state index < -0.39 is 10.0 Å². The Kier molecular flexibility index (Phi) is 6.25. The Labute approximate surface area is 122 Å². The summed E-state index contributed by atoms with van der Waals surface area (Å²) in [5.74, 6) is 0. The number of ether oxygens (including phenoxy) is 1. The highest BCUT2D eigenvalue weighted by Gasteiger charge is 2.17. The van der Waals surface area contributed by atoms with Crippen molar-refractivity contribution in [2.75, 3.05) is 26.0 Å². The number of sulfonamides is 1. The number of nitrogen functional groups attached to an aromatic ring is 1. The molecule has 0 spiro atoms. The van der Waals surface area contributed by atoms with Gasteiger partial charge in [0.1, 0.15) is 0 Å². The topological polar surface area (TPSA) is 81.4 Å². The van der Waals surface area contributed by atoms with E-state index in [9.17, 15) is 8.42 Å². The SMILES string of the molecule is COCCCCNS(=O)(=O)c1cc(N)c(Br)cc1C. The van der Waals surface area contributed by atoms with Crippen LogP contribution in [0.25, 0.3) is 0 Å². The van der Waals surface area contributed by atoms with E-state index in [1.807, 2.05) is 0 Å². The van der Waals surface area contributed by atoms with Crippen LogP contribution >= 0.6 is 15.9 Å². The van der Waals surface area contributed by atoms with Crippen LogP contribution in [0.2, 0.25) is 0 Å². The lowest BCUT2D eigenvalue weighted by Gasteiger charge is -2.11. The van der Waals surface area contributed by atoms with Gasteiger partial charge in [0.15, 0.2) is 0 Å². The quantitative estimate of drug-likeness (QED) is 0.582. The predicted octanol–water partition coefficient (Wildman–Crippen LogP) is 2.04. The number of halogens is 1. The number of rotatable bonds is 7. The van der Waals surface area contributed by atoms with Crippen molar-refractivity contribution in [1.82, 2.24) is 4.72 Å². The molecule has 0 saturated heterocycles. The maximum atomic E-state index is 12.1. The molecule has 0 amide bonds. The average molecular weight is 351 g/mol. The molecule has 7 heteroatoms. The van der Waals surface area contributed by atoms with Gasteiger partial charge in [0.2, 0.25) is 10.0 Å². The molecule has 1 aromatic carbocycles. The van der Waals surface area contributed by atoms with Crippen LogP contribution in [0.5, 0.6) is 0 Å². The van der Waals surface area contributed by atoms with E-state index in [0.717, 1.165) is 12.8 Å². The van der Waals surface area contributed by atoms with Crippen molar-refractivity contribution in [2.24, 2.45) is 0 Å². The lowest BCUT2D eigenvalue weighted by molar-refractivity contribution is 0.193. The second kappa shape index (κ2) is 7.23. The molecule has 1 rings (SSSR count). The molecule has 0 aliphatic heterocycles. The lowest BCUT2D eigenvalue weighted by atomic mass is 10.2. The normalized spacial score (nSPS) is 11.7. The van der Waals surface area contributed by atoms with Crippen LogP contribution in [0, 0.1) is 6.92 Å². The molecule has 1 aromatic rings. The highest BCUT2D eigenvalue weighted by atomic mass is 79.9. The Morgan fingerprint density at radius 2 is 2.05 bits per heavy atom. The second-order valence-electron chi connectivity index (χ2n) is 4.24. The summed E-state index contributed by atoms with van der Waals surface area (Å²) in [4.78, 5) is 0.222. The maximum Gasteiger partial charge on any atom is 0.240 e. The number of nitrogens with one attached hydrogen (secondary N) is 1. The van der Waals surface area contributed by atoms with Crippen LogP contribution in [-0.2, 0) is 14.8 Å². The largest absolute Gasteiger partial charge is 0.398 e. The van der Waals surface area contributed by atoms with Gasteiger partial charge in [-0.1, -0.05) is 0 Å². The van der Waals surface area contributed by atoms with Gasteiger partial charge in [-0.2, -0.15) is 0 Å². The summed E-state index contributed by atoms with van der Waals surface area (Å²) < 4.78 is 32.4. The molecule has 0 saturated carbocycles. The Morgan fingerprint density at radius 1 is 1.37 bits per heavy atom. The summed E-state index contributed by atoms with van der Waals surface area (Å²) in [5.41, 5.74) is 6.79. The number of hydrogen-bond donors (Lipinski definition) is 2. The third kappa shape index (κ3) is 4.76. The lowest BCUT2D eigenvalue weighted by Crippen LogP contribution is -2.25. The van der Waals surface area contributed by atoms with E-state index in [1.54, 1.807) is 20.1 Å². The minimum Gasteiger partial charge on any atom is -0.398 e. The van der Waals surface area contributed by atoms with Gasteiger partial charge in [-0.15, -0.1) is 0 Å². The van der Waals surface area contributed by atoms with E-state index in [0.29, 0.717) is 28.9 Å². The molecule has 0 bridgehead atoms. The molecule has 0 atom stereocenters. The average Bonchev–Trinajstić information content (AvgIpc) is 2.33. The molecule has 108 valence electrons. The van der Waals surface area contributed by atoms with Crippen molar-refractivity contribution in [3.8, 4) is 0 Å². The van der Waals surface area contributed by atoms with Crippen molar-refractivity contribution in [2.45, 2.75) is 24.7 Å². The molecule has 0 radical (unpaired) electrons. The number of nitrogens with two attached hydrogens (primary N) is 1. The molecule has 0 aromatic heterocycles. The Morgan fingerprint density at radius 3 is 2.68 bits per heavy atom. The number of anilines is 1. The van der Waals surface area contributed by atoms with Gasteiger partial charge in [0.25, 0.3) is 0 Å². The van der Waals surface area contributed by atoms with Crippen molar-refractivity contribution in [3.05, 3.63) is 22.2 Å². The summed E-state index contributed by atoms with van der Waals surface area (Å²) in [6.07, 6.45) is 1.55. The highest BCUT2D eigenvalue weighted by Crippen LogP contribution is 2.26. The number of benzene rings is 1. The summed E-state index contributed by atoms with van der Waals surface area (Å²) in [6.45, 7) is 2.76. The Hall–Kier alpha value is -0.630. The summed E-state index contributed by atoms with van der Waals surface area (Å²) in [7, 11) is -1.89. The van der Waals surface area contributed by atoms with Gasteiger partial charge in [0, 0.05) is 30.4 Å². The second-order valence-corrected chi connectivity index (χ2v) is 6.83. The van der Waals surface area contributed by atoms with Crippen LogP contribution in [0.15, 0.2) is 21.5 Å². The van der Waals surface area contributed by atoms with Gasteiger partial charge >= 0.3 is 0 Å². The third-order valence-corrected chi connectivity index (χ3v) is 4.94. The summed E-state index contributed by atoms with van der Waals surface area (Å²) in [6, 6.07) is 3.17. The minimum absolute atomic E-state index is 0.222. The molecule has 3 N–H and O–H groups in total. The van der Waals surface area contributed by atoms with Crippen molar-refractivity contribution >= 4 is 31.6 Å². The van der Waals surface area contributed by atoms with Gasteiger partial charge in [0.05, 0.1) is 4.90 Å². The fourth-order valence-corrected chi connectivity index (χ4v) is 3.41. The molecule has 5 nitrogen and oxygen atoms in total. The van der Waals surface area contributed by atoms with E-state index >= 15 is 0 Å². The molecule has 0 aliphatic rings. The monoisotopic (exact) mass is 350 g/mol. The molecular weight excluding hydrogens is 332 g/mol. The summed E-state index contributed by atoms with van der Waals surface area (Å²) >= 11 is 3.27. The molecule has 19 heavy (non-hydrogen) atoms. The zero-order valence-corrected chi connectivity index (χ0v) is 13.5. The van der Waals surface area contributed by atoms with Gasteiger partial charge in [-0.05, 0) is 53.4 Å². The molecule has 0 fully saturated rings. The van der Waals surface area contributed by atoms with Gasteiger partial charge < -0.3 is 10.5 Å². The first-order valence-corrected chi connectivity index (χ1v) is 8.20. The standard InChI is InChI=1S/C12H19BrN2O3S/c1-9-7-10(13)11(14)8-12(9)19(16,17)15-5-3-4-6-18-2/h7-8,15H,3-6,14H2,1-2H3. The highest BCUT2D eigenvalue weighted by molar-refractivity contribution is 9.10. The molecule has 0 heterocycles. The van der Waals surface area contributed by atoms with Crippen LogP contribution in [0.1, 0.15) is 18.4 Å². The first-order chi connectivity index (χ1) is 8.88. The zero-order valence-electron chi connectivity index (χ0n) is 11.1. The molecular formula is C12H19BrN2O3S. The van der Waals surface area contributed by atoms with Gasteiger partial charge in [-0.25, -0.2) is 13.1 Å². The third-order valence-electron chi connectivity index (χ3n) is 2.65. The number of hydrogen-bond acceptors (Lipinski definition) is 4. The Bertz CT molecular complexity index is 532. The first-order valence-electron chi connectivity index (χ1n) is 5.92. The minimum atomic E-state index is -3.51. The number of aryl methyl sites for hydroxylation is 1. The maximum absolute atomic E-state index is 12.1. The van der Waals surface area contributed by atoms with Crippen LogP contribution < -0.4 is 10.5 Å². The van der Waals surface area contributed by atoms with E-state index in [-0.39, 0.29) is 4.90 Å².